The van der Waals surface area contributed by atoms with Gasteiger partial charge >= 0.3 is 5.69 Å². The largest absolute Gasteiger partial charge is 0.359 e. The highest BCUT2D eigenvalue weighted by Gasteiger charge is 2.13. The van der Waals surface area contributed by atoms with Gasteiger partial charge in [-0.15, -0.1) is 11.3 Å². The fraction of sp³-hybridized carbons (Fsp3) is 0.100. The predicted octanol–water partition coefficient (Wildman–Crippen LogP) is 3.43. The van der Waals surface area contributed by atoms with Gasteiger partial charge in [0.05, 0.1) is 11.5 Å². The normalized spacial score (nSPS) is 10.2. The van der Waals surface area contributed by atoms with Gasteiger partial charge in [0.25, 0.3) is 0 Å². The minimum absolute atomic E-state index is 0.0110. The predicted molar refractivity (Wildman–Crippen MR) is 70.2 cm³/mol. The summed E-state index contributed by atoms with van der Waals surface area (Å²) in [6.07, 6.45) is 1.53. The van der Waals surface area contributed by atoms with E-state index in [1.54, 1.807) is 17.4 Å². The number of nitrogens with zero attached hydrogens (tertiary/aromatic N) is 2. The van der Waals surface area contributed by atoms with Gasteiger partial charge in [0.2, 0.25) is 5.82 Å². The number of hydrogen-bond acceptors (Lipinski definition) is 5. The first-order valence-electron chi connectivity index (χ1n) is 4.73. The van der Waals surface area contributed by atoms with E-state index in [2.05, 4.69) is 26.2 Å². The Morgan fingerprint density at radius 2 is 2.41 bits per heavy atom. The molecule has 0 aliphatic rings. The van der Waals surface area contributed by atoms with Gasteiger partial charge in [-0.1, -0.05) is 0 Å². The lowest BCUT2D eigenvalue weighted by Gasteiger charge is -2.03. The molecule has 0 aromatic carbocycles. The second-order valence-corrected chi connectivity index (χ2v) is 5.12. The van der Waals surface area contributed by atoms with Gasteiger partial charge in [-0.3, -0.25) is 10.1 Å². The minimum Gasteiger partial charge on any atom is -0.359 e. The number of anilines is 1. The molecular formula is C10H8BrN3O2S. The highest BCUT2D eigenvalue weighted by molar-refractivity contribution is 9.10. The molecule has 0 atom stereocenters. The average molecular weight is 314 g/mol. The zero-order valence-electron chi connectivity index (χ0n) is 8.59. The highest BCUT2D eigenvalue weighted by atomic mass is 79.9. The third kappa shape index (κ3) is 3.01. The minimum atomic E-state index is -0.445. The molecular weight excluding hydrogens is 306 g/mol. The summed E-state index contributed by atoms with van der Waals surface area (Å²) in [5, 5.41) is 15.7. The number of nitrogens with one attached hydrogen (secondary N) is 1. The molecule has 2 aromatic rings. The quantitative estimate of drug-likeness (QED) is 0.693. The molecule has 0 saturated heterocycles. The van der Waals surface area contributed by atoms with E-state index in [1.807, 2.05) is 11.4 Å². The van der Waals surface area contributed by atoms with Crippen LogP contribution >= 0.6 is 27.3 Å². The van der Waals surface area contributed by atoms with E-state index in [-0.39, 0.29) is 5.69 Å². The molecule has 88 valence electrons. The summed E-state index contributed by atoms with van der Waals surface area (Å²) in [6, 6.07) is 4.94. The number of rotatable bonds is 4. The highest BCUT2D eigenvalue weighted by Crippen LogP contribution is 2.23. The number of halogens is 1. The van der Waals surface area contributed by atoms with Crippen molar-refractivity contribution in [1.82, 2.24) is 4.98 Å². The lowest BCUT2D eigenvalue weighted by atomic mass is 10.4. The van der Waals surface area contributed by atoms with Crippen LogP contribution in [-0.2, 0) is 6.54 Å². The maximum absolute atomic E-state index is 10.8. The second kappa shape index (κ2) is 5.24. The van der Waals surface area contributed by atoms with Gasteiger partial charge in [0, 0.05) is 27.0 Å². The van der Waals surface area contributed by atoms with E-state index >= 15 is 0 Å². The van der Waals surface area contributed by atoms with Crippen molar-refractivity contribution < 1.29 is 4.92 Å². The molecule has 1 N–H and O–H groups in total. The van der Waals surface area contributed by atoms with Gasteiger partial charge in [0.15, 0.2) is 0 Å². The summed E-state index contributed by atoms with van der Waals surface area (Å²) < 4.78 is 1.01. The van der Waals surface area contributed by atoms with Crippen molar-refractivity contribution in [2.75, 3.05) is 5.32 Å². The third-order valence-electron chi connectivity index (χ3n) is 2.03. The average Bonchev–Trinajstić information content (AvgIpc) is 2.73. The summed E-state index contributed by atoms with van der Waals surface area (Å²) in [5.74, 6) is 0.294. The Hall–Kier alpha value is -1.47. The van der Waals surface area contributed by atoms with E-state index in [0.717, 1.165) is 9.35 Å². The van der Waals surface area contributed by atoms with Crippen LogP contribution in [0.25, 0.3) is 0 Å². The summed E-state index contributed by atoms with van der Waals surface area (Å²) in [5.41, 5.74) is -0.0110. The van der Waals surface area contributed by atoms with Crippen LogP contribution in [0.4, 0.5) is 11.5 Å². The molecule has 7 heteroatoms. The van der Waals surface area contributed by atoms with E-state index in [4.69, 9.17) is 0 Å². The van der Waals surface area contributed by atoms with Gasteiger partial charge in [-0.05, 0) is 28.1 Å². The molecule has 2 heterocycles. The van der Waals surface area contributed by atoms with Gasteiger partial charge < -0.3 is 5.32 Å². The van der Waals surface area contributed by atoms with Crippen molar-refractivity contribution in [3.63, 3.8) is 0 Å². The first-order chi connectivity index (χ1) is 8.16. The Morgan fingerprint density at radius 1 is 1.59 bits per heavy atom. The van der Waals surface area contributed by atoms with E-state index in [0.29, 0.717) is 12.4 Å². The molecule has 2 aromatic heterocycles. The molecule has 0 radical (unpaired) electrons. The van der Waals surface area contributed by atoms with Crippen molar-refractivity contribution in [3.8, 4) is 0 Å². The van der Waals surface area contributed by atoms with E-state index in [9.17, 15) is 10.1 Å². The first kappa shape index (κ1) is 12.0. The molecule has 2 rings (SSSR count). The summed E-state index contributed by atoms with van der Waals surface area (Å²) in [6.45, 7) is 0.522. The van der Waals surface area contributed by atoms with Crippen LogP contribution in [0.15, 0.2) is 34.2 Å². The van der Waals surface area contributed by atoms with Crippen molar-refractivity contribution in [3.05, 3.63) is 49.2 Å². The van der Waals surface area contributed by atoms with Gasteiger partial charge in [-0.2, -0.15) is 0 Å². The maximum atomic E-state index is 10.8. The molecule has 0 amide bonds. The van der Waals surface area contributed by atoms with Crippen LogP contribution in [0.5, 0.6) is 0 Å². The number of aromatic nitrogens is 1. The molecule has 5 nitrogen and oxygen atoms in total. The Kier molecular flexibility index (Phi) is 3.70. The van der Waals surface area contributed by atoms with E-state index < -0.39 is 4.92 Å². The molecule has 0 unspecified atom stereocenters. The van der Waals surface area contributed by atoms with Crippen LogP contribution in [0.1, 0.15) is 4.88 Å². The fourth-order valence-corrected chi connectivity index (χ4v) is 2.69. The molecule has 17 heavy (non-hydrogen) atoms. The van der Waals surface area contributed by atoms with Crippen LogP contribution in [0.3, 0.4) is 0 Å². The maximum Gasteiger partial charge on any atom is 0.311 e. The zero-order valence-corrected chi connectivity index (χ0v) is 11.0. The molecule has 0 saturated carbocycles. The van der Waals surface area contributed by atoms with Crippen LogP contribution in [0, 0.1) is 10.1 Å². The number of nitro groups is 1. The first-order valence-corrected chi connectivity index (χ1v) is 6.40. The lowest BCUT2D eigenvalue weighted by Crippen LogP contribution is -2.03. The summed E-state index contributed by atoms with van der Waals surface area (Å²) in [4.78, 5) is 15.4. The Balaban J connectivity index is 2.11. The SMILES string of the molecule is O=[N+]([O-])c1cccnc1NCc1cc(Br)cs1. The number of hydrogen-bond donors (Lipinski definition) is 1. The lowest BCUT2D eigenvalue weighted by molar-refractivity contribution is -0.384. The Morgan fingerprint density at radius 3 is 3.06 bits per heavy atom. The summed E-state index contributed by atoms with van der Waals surface area (Å²) in [7, 11) is 0. The third-order valence-corrected chi connectivity index (χ3v) is 3.73. The van der Waals surface area contributed by atoms with Crippen molar-refractivity contribution in [1.29, 1.82) is 0 Å². The van der Waals surface area contributed by atoms with Crippen molar-refractivity contribution >= 4 is 38.8 Å². The molecule has 0 bridgehead atoms. The Bertz CT molecular complexity index is 544. The van der Waals surface area contributed by atoms with Crippen molar-refractivity contribution in [2.24, 2.45) is 0 Å². The number of thiophene rings is 1. The standard InChI is InChI=1S/C10H8BrN3O2S/c11-7-4-8(17-6-7)5-13-10-9(14(15)16)2-1-3-12-10/h1-4,6H,5H2,(H,12,13). The van der Waals surface area contributed by atoms with Gasteiger partial charge in [-0.25, -0.2) is 4.98 Å². The fourth-order valence-electron chi connectivity index (χ4n) is 1.30. The van der Waals surface area contributed by atoms with Crippen LogP contribution < -0.4 is 5.32 Å². The zero-order chi connectivity index (χ0) is 12.3. The van der Waals surface area contributed by atoms with Crippen molar-refractivity contribution in [2.45, 2.75) is 6.54 Å². The number of pyridine rings is 1. The van der Waals surface area contributed by atoms with E-state index in [1.165, 1.54) is 12.3 Å². The van der Waals surface area contributed by atoms with Gasteiger partial charge in [0.1, 0.15) is 0 Å². The molecule has 0 fully saturated rings. The topological polar surface area (TPSA) is 68.1 Å². The van der Waals surface area contributed by atoms with Crippen LogP contribution in [-0.4, -0.2) is 9.91 Å². The molecule has 0 aliphatic heterocycles. The molecule has 0 spiro atoms. The molecule has 0 aliphatic carbocycles. The smallest absolute Gasteiger partial charge is 0.311 e. The monoisotopic (exact) mass is 313 g/mol. The Labute approximate surface area is 110 Å². The van der Waals surface area contributed by atoms with Crippen LogP contribution in [0.2, 0.25) is 0 Å². The summed E-state index contributed by atoms with van der Waals surface area (Å²) >= 11 is 4.93. The second-order valence-electron chi connectivity index (χ2n) is 3.21.